The van der Waals surface area contributed by atoms with Gasteiger partial charge in [-0.1, -0.05) is 16.5 Å². The molecule has 0 bridgehead atoms. The molecule has 0 saturated heterocycles. The van der Waals surface area contributed by atoms with E-state index in [1.54, 1.807) is 0 Å². The van der Waals surface area contributed by atoms with Crippen LogP contribution in [0.25, 0.3) is 11.0 Å². The number of hydrogen-bond acceptors (Lipinski definition) is 1. The fourth-order valence-electron chi connectivity index (χ4n) is 1.65. The molecule has 0 saturated carbocycles. The van der Waals surface area contributed by atoms with E-state index in [0.717, 1.165) is 5.65 Å². The van der Waals surface area contributed by atoms with Crippen molar-refractivity contribution in [2.45, 2.75) is 32.4 Å². The summed E-state index contributed by atoms with van der Waals surface area (Å²) in [5, 5.41) is 1.23. The minimum atomic E-state index is -0.100. The highest BCUT2D eigenvalue weighted by Gasteiger charge is 2.18. The molecular formula is C13H18N2S. The van der Waals surface area contributed by atoms with E-state index >= 15 is 0 Å². The molecule has 1 atom stereocenters. The summed E-state index contributed by atoms with van der Waals surface area (Å²) in [6.45, 7) is 8.77. The lowest BCUT2D eigenvalue weighted by Gasteiger charge is -2.24. The number of pyridine rings is 1. The quantitative estimate of drug-likeness (QED) is 0.689. The average Bonchev–Trinajstić information content (AvgIpc) is 2.55. The highest BCUT2D eigenvalue weighted by atomic mass is 32.2. The first-order chi connectivity index (χ1) is 7.41. The highest BCUT2D eigenvalue weighted by Crippen LogP contribution is 2.35. The predicted molar refractivity (Wildman–Crippen MR) is 74.3 cm³/mol. The Labute approximate surface area is 99.4 Å². The first kappa shape index (κ1) is 11.4. The third-order valence-electron chi connectivity index (χ3n) is 2.68. The molecule has 0 spiro atoms. The summed E-state index contributed by atoms with van der Waals surface area (Å²) < 4.78 is 2.38. The SMILES string of the molecule is C=S(n1cc(C)c2cccnc21)C(C)(C)C. The molecule has 0 aliphatic carbocycles. The van der Waals surface area contributed by atoms with E-state index in [4.69, 9.17) is 0 Å². The Morgan fingerprint density at radius 3 is 2.69 bits per heavy atom. The van der Waals surface area contributed by atoms with Gasteiger partial charge in [0, 0.05) is 22.5 Å². The maximum absolute atomic E-state index is 4.47. The zero-order valence-electron chi connectivity index (χ0n) is 10.3. The molecule has 2 heterocycles. The summed E-state index contributed by atoms with van der Waals surface area (Å²) in [6, 6.07) is 4.10. The molecule has 3 heteroatoms. The van der Waals surface area contributed by atoms with Gasteiger partial charge in [0.2, 0.25) is 0 Å². The van der Waals surface area contributed by atoms with Gasteiger partial charge >= 0.3 is 0 Å². The van der Waals surface area contributed by atoms with Crippen LogP contribution in [-0.2, 0) is 0 Å². The van der Waals surface area contributed by atoms with Gasteiger partial charge < -0.3 is 0 Å². The van der Waals surface area contributed by atoms with E-state index in [0.29, 0.717) is 0 Å². The number of aromatic nitrogens is 2. The Kier molecular flexibility index (Phi) is 2.66. The Morgan fingerprint density at radius 1 is 1.38 bits per heavy atom. The van der Waals surface area contributed by atoms with Crippen LogP contribution in [0, 0.1) is 6.92 Å². The van der Waals surface area contributed by atoms with Gasteiger partial charge in [-0.25, -0.2) is 4.98 Å². The van der Waals surface area contributed by atoms with Crippen LogP contribution in [0.3, 0.4) is 0 Å². The molecule has 2 aromatic rings. The third-order valence-corrected chi connectivity index (χ3v) is 4.84. The number of nitrogens with zero attached hydrogens (tertiary/aromatic N) is 2. The van der Waals surface area contributed by atoms with Crippen molar-refractivity contribution in [2.24, 2.45) is 0 Å². The fraction of sp³-hybridized carbons (Fsp3) is 0.385. The fourth-order valence-corrected chi connectivity index (χ4v) is 2.88. The Morgan fingerprint density at radius 2 is 2.06 bits per heavy atom. The molecule has 0 aliphatic rings. The molecule has 86 valence electrons. The number of hydrogen-bond donors (Lipinski definition) is 0. The van der Waals surface area contributed by atoms with Crippen LogP contribution in [0.1, 0.15) is 26.3 Å². The van der Waals surface area contributed by atoms with E-state index in [9.17, 15) is 0 Å². The first-order valence-electron chi connectivity index (χ1n) is 5.38. The molecule has 0 aliphatic heterocycles. The van der Waals surface area contributed by atoms with Crippen molar-refractivity contribution in [2.75, 3.05) is 0 Å². The zero-order valence-corrected chi connectivity index (χ0v) is 11.1. The number of fused-ring (bicyclic) bond motifs is 1. The average molecular weight is 234 g/mol. The van der Waals surface area contributed by atoms with Gasteiger partial charge in [0.15, 0.2) is 0 Å². The Hall–Kier alpha value is -1.09. The molecule has 0 radical (unpaired) electrons. The summed E-state index contributed by atoms with van der Waals surface area (Å²) in [5.41, 5.74) is 2.32. The molecule has 2 aromatic heterocycles. The van der Waals surface area contributed by atoms with Gasteiger partial charge in [0.25, 0.3) is 0 Å². The van der Waals surface area contributed by atoms with Gasteiger partial charge in [-0.2, -0.15) is 0 Å². The van der Waals surface area contributed by atoms with E-state index in [1.165, 1.54) is 10.9 Å². The topological polar surface area (TPSA) is 17.8 Å². The molecule has 0 N–H and O–H groups in total. The molecule has 1 unspecified atom stereocenters. The molecule has 16 heavy (non-hydrogen) atoms. The van der Waals surface area contributed by atoms with Crippen LogP contribution in [0.5, 0.6) is 0 Å². The minimum absolute atomic E-state index is 0.100. The second-order valence-corrected chi connectivity index (χ2v) is 7.34. The maximum Gasteiger partial charge on any atom is 0.149 e. The van der Waals surface area contributed by atoms with Gasteiger partial charge in [0.05, 0.1) is 0 Å². The summed E-state index contributed by atoms with van der Waals surface area (Å²) in [7, 11) is -0.100. The van der Waals surface area contributed by atoms with Crippen LogP contribution in [0.15, 0.2) is 24.5 Å². The molecular weight excluding hydrogens is 216 g/mol. The summed E-state index contributed by atoms with van der Waals surface area (Å²) in [6.07, 6.45) is 4.01. The highest BCUT2D eigenvalue weighted by molar-refractivity contribution is 8.14. The molecule has 0 aromatic carbocycles. The lowest BCUT2D eigenvalue weighted by Crippen LogP contribution is -2.14. The zero-order chi connectivity index (χ0) is 11.9. The van der Waals surface area contributed by atoms with Crippen molar-refractivity contribution in [3.63, 3.8) is 0 Å². The minimum Gasteiger partial charge on any atom is -0.281 e. The van der Waals surface area contributed by atoms with Crippen LogP contribution >= 0.6 is 10.7 Å². The van der Waals surface area contributed by atoms with Crippen LogP contribution in [-0.4, -0.2) is 19.6 Å². The predicted octanol–water partition coefficient (Wildman–Crippen LogP) is 3.61. The van der Waals surface area contributed by atoms with Gasteiger partial charge in [-0.3, -0.25) is 3.97 Å². The standard InChI is InChI=1S/C13H18N2S/c1-10-9-15(16(5)13(2,3)4)12-11(10)7-6-8-14-12/h6-9H,5H2,1-4H3. The van der Waals surface area contributed by atoms with Crippen molar-refractivity contribution in [1.82, 2.24) is 8.96 Å². The van der Waals surface area contributed by atoms with E-state index < -0.39 is 0 Å². The van der Waals surface area contributed by atoms with Crippen LogP contribution in [0.2, 0.25) is 0 Å². The first-order valence-corrected chi connectivity index (χ1v) is 6.73. The van der Waals surface area contributed by atoms with Gasteiger partial charge in [-0.05, 0) is 45.4 Å². The largest absolute Gasteiger partial charge is 0.281 e. The van der Waals surface area contributed by atoms with Crippen LogP contribution < -0.4 is 0 Å². The molecule has 2 rings (SSSR count). The number of aryl methyl sites for hydroxylation is 1. The monoisotopic (exact) mass is 234 g/mol. The van der Waals surface area contributed by atoms with E-state index in [2.05, 4.69) is 54.8 Å². The number of rotatable bonds is 1. The Balaban J connectivity index is 2.67. The summed E-state index contributed by atoms with van der Waals surface area (Å²) in [4.78, 5) is 4.47. The van der Waals surface area contributed by atoms with Crippen molar-refractivity contribution >= 4 is 27.6 Å². The van der Waals surface area contributed by atoms with Crippen molar-refractivity contribution in [3.05, 3.63) is 30.1 Å². The van der Waals surface area contributed by atoms with Crippen molar-refractivity contribution in [1.29, 1.82) is 0 Å². The maximum atomic E-state index is 4.47. The lowest BCUT2D eigenvalue weighted by molar-refractivity contribution is 0.796. The van der Waals surface area contributed by atoms with Crippen molar-refractivity contribution < 1.29 is 0 Å². The second kappa shape index (κ2) is 3.74. The van der Waals surface area contributed by atoms with E-state index in [-0.39, 0.29) is 15.4 Å². The Bertz CT molecular complexity index is 547. The summed E-state index contributed by atoms with van der Waals surface area (Å²) in [5.74, 6) is 4.29. The van der Waals surface area contributed by atoms with Gasteiger partial charge in [0.1, 0.15) is 5.65 Å². The lowest BCUT2D eigenvalue weighted by atomic mass is 10.2. The second-order valence-electron chi connectivity index (χ2n) is 4.99. The smallest absolute Gasteiger partial charge is 0.149 e. The molecule has 0 fully saturated rings. The van der Waals surface area contributed by atoms with E-state index in [1.807, 2.05) is 12.3 Å². The third kappa shape index (κ3) is 1.80. The molecule has 0 amide bonds. The van der Waals surface area contributed by atoms with Crippen LogP contribution in [0.4, 0.5) is 0 Å². The van der Waals surface area contributed by atoms with Crippen molar-refractivity contribution in [3.8, 4) is 0 Å². The normalized spacial score (nSPS) is 14.2. The summed E-state index contributed by atoms with van der Waals surface area (Å²) >= 11 is 0. The van der Waals surface area contributed by atoms with Gasteiger partial charge in [-0.15, -0.1) is 0 Å². The molecule has 2 nitrogen and oxygen atoms in total.